The molecule has 0 unspecified atom stereocenters. The first-order valence-corrected chi connectivity index (χ1v) is 5.59. The lowest BCUT2D eigenvalue weighted by atomic mass is 10.2. The third-order valence-electron chi connectivity index (χ3n) is 2.62. The third-order valence-corrected chi connectivity index (χ3v) is 2.62. The largest absolute Gasteiger partial charge is 0.294 e. The standard InChI is InChI=1S/C13H12F2N2O/c1-2-13(18)10-6-16-17(8-10)7-9-3-4-11(14)5-12(9)15/h3-6,8H,2,7H2,1H3. The molecular formula is C13H12F2N2O. The molecule has 0 saturated carbocycles. The molecule has 3 nitrogen and oxygen atoms in total. The van der Waals surface area contributed by atoms with Gasteiger partial charge in [0.05, 0.1) is 18.3 Å². The highest BCUT2D eigenvalue weighted by atomic mass is 19.1. The zero-order valence-electron chi connectivity index (χ0n) is 9.86. The third kappa shape index (κ3) is 2.61. The predicted molar refractivity (Wildman–Crippen MR) is 62.3 cm³/mol. The summed E-state index contributed by atoms with van der Waals surface area (Å²) in [5.41, 5.74) is 0.829. The Balaban J connectivity index is 2.18. The van der Waals surface area contributed by atoms with Crippen LogP contribution in [-0.2, 0) is 6.54 Å². The Labute approximate surface area is 103 Å². The van der Waals surface area contributed by atoms with E-state index in [4.69, 9.17) is 0 Å². The number of hydrogen-bond acceptors (Lipinski definition) is 2. The summed E-state index contributed by atoms with van der Waals surface area (Å²) >= 11 is 0. The van der Waals surface area contributed by atoms with E-state index >= 15 is 0 Å². The second-order valence-corrected chi connectivity index (χ2v) is 3.94. The highest BCUT2D eigenvalue weighted by Gasteiger charge is 2.08. The van der Waals surface area contributed by atoms with Gasteiger partial charge in [-0.25, -0.2) is 8.78 Å². The van der Waals surface area contributed by atoms with Crippen molar-refractivity contribution in [3.63, 3.8) is 0 Å². The summed E-state index contributed by atoms with van der Waals surface area (Å²) in [4.78, 5) is 11.4. The van der Waals surface area contributed by atoms with Crippen LogP contribution in [0.2, 0.25) is 0 Å². The van der Waals surface area contributed by atoms with E-state index in [-0.39, 0.29) is 12.3 Å². The summed E-state index contributed by atoms with van der Waals surface area (Å²) in [7, 11) is 0. The first-order valence-electron chi connectivity index (χ1n) is 5.59. The van der Waals surface area contributed by atoms with Crippen LogP contribution in [0.25, 0.3) is 0 Å². The highest BCUT2D eigenvalue weighted by molar-refractivity contribution is 5.95. The van der Waals surface area contributed by atoms with Crippen LogP contribution in [0.4, 0.5) is 8.78 Å². The molecule has 0 aliphatic rings. The van der Waals surface area contributed by atoms with Gasteiger partial charge in [-0.3, -0.25) is 9.48 Å². The minimum atomic E-state index is -0.617. The van der Waals surface area contributed by atoms with Gasteiger partial charge in [0.15, 0.2) is 5.78 Å². The van der Waals surface area contributed by atoms with Crippen molar-refractivity contribution in [2.75, 3.05) is 0 Å². The van der Waals surface area contributed by atoms with Crippen molar-refractivity contribution in [1.82, 2.24) is 9.78 Å². The number of carbonyl (C=O) groups is 1. The number of aromatic nitrogens is 2. The number of halogens is 2. The topological polar surface area (TPSA) is 34.9 Å². The molecule has 0 aliphatic carbocycles. The molecule has 0 saturated heterocycles. The summed E-state index contributed by atoms with van der Waals surface area (Å²) < 4.78 is 27.6. The van der Waals surface area contributed by atoms with E-state index in [0.29, 0.717) is 17.5 Å². The van der Waals surface area contributed by atoms with Gasteiger partial charge < -0.3 is 0 Å². The lowest BCUT2D eigenvalue weighted by Crippen LogP contribution is -2.03. The van der Waals surface area contributed by atoms with Crippen LogP contribution in [0.5, 0.6) is 0 Å². The van der Waals surface area contributed by atoms with Gasteiger partial charge in [0.2, 0.25) is 0 Å². The van der Waals surface area contributed by atoms with Gasteiger partial charge in [0.25, 0.3) is 0 Å². The smallest absolute Gasteiger partial charge is 0.165 e. The Morgan fingerprint density at radius 3 is 2.83 bits per heavy atom. The fourth-order valence-corrected chi connectivity index (χ4v) is 1.62. The van der Waals surface area contributed by atoms with Crippen LogP contribution in [0.15, 0.2) is 30.6 Å². The zero-order chi connectivity index (χ0) is 13.1. The minimum Gasteiger partial charge on any atom is -0.294 e. The first kappa shape index (κ1) is 12.4. The van der Waals surface area contributed by atoms with Crippen LogP contribution in [0.1, 0.15) is 29.3 Å². The van der Waals surface area contributed by atoms with Gasteiger partial charge in [0.1, 0.15) is 11.6 Å². The fourth-order valence-electron chi connectivity index (χ4n) is 1.62. The zero-order valence-corrected chi connectivity index (χ0v) is 9.86. The molecule has 0 atom stereocenters. The molecule has 2 rings (SSSR count). The Morgan fingerprint density at radius 2 is 2.17 bits per heavy atom. The van der Waals surface area contributed by atoms with Gasteiger partial charge in [-0.05, 0) is 6.07 Å². The number of rotatable bonds is 4. The van der Waals surface area contributed by atoms with Crippen LogP contribution in [0.3, 0.4) is 0 Å². The van der Waals surface area contributed by atoms with Gasteiger partial charge in [-0.2, -0.15) is 5.10 Å². The molecule has 0 amide bonds. The number of carbonyl (C=O) groups excluding carboxylic acids is 1. The maximum atomic E-state index is 13.4. The van der Waals surface area contributed by atoms with Crippen molar-refractivity contribution in [1.29, 1.82) is 0 Å². The average molecular weight is 250 g/mol. The Morgan fingerprint density at radius 1 is 1.39 bits per heavy atom. The quantitative estimate of drug-likeness (QED) is 0.782. The van der Waals surface area contributed by atoms with E-state index in [1.807, 2.05) is 0 Å². The summed E-state index contributed by atoms with van der Waals surface area (Å²) in [6.07, 6.45) is 3.42. The van der Waals surface area contributed by atoms with E-state index in [2.05, 4.69) is 5.10 Å². The second-order valence-electron chi connectivity index (χ2n) is 3.94. The van der Waals surface area contributed by atoms with E-state index in [0.717, 1.165) is 6.07 Å². The molecule has 94 valence electrons. The van der Waals surface area contributed by atoms with E-state index < -0.39 is 11.6 Å². The Kier molecular flexibility index (Phi) is 3.50. The molecular weight excluding hydrogens is 238 g/mol. The van der Waals surface area contributed by atoms with Gasteiger partial charge in [-0.15, -0.1) is 0 Å². The molecule has 0 radical (unpaired) electrons. The minimum absolute atomic E-state index is 0.0131. The molecule has 0 bridgehead atoms. The molecule has 1 aromatic carbocycles. The summed E-state index contributed by atoms with van der Waals surface area (Å²) in [5.74, 6) is -1.24. The Hall–Kier alpha value is -2.04. The SMILES string of the molecule is CCC(=O)c1cnn(Cc2ccc(F)cc2F)c1. The normalized spacial score (nSPS) is 10.6. The van der Waals surface area contributed by atoms with Gasteiger partial charge in [0, 0.05) is 24.2 Å². The lowest BCUT2D eigenvalue weighted by molar-refractivity contribution is 0.0988. The number of nitrogens with zero attached hydrogens (tertiary/aromatic N) is 2. The second kappa shape index (κ2) is 5.08. The highest BCUT2D eigenvalue weighted by Crippen LogP contribution is 2.11. The number of hydrogen-bond donors (Lipinski definition) is 0. The maximum absolute atomic E-state index is 13.4. The van der Waals surface area contributed by atoms with Crippen molar-refractivity contribution in [3.8, 4) is 0 Å². The summed E-state index contributed by atoms with van der Waals surface area (Å²) in [6.45, 7) is 1.93. The van der Waals surface area contributed by atoms with Crippen molar-refractivity contribution < 1.29 is 13.6 Å². The van der Waals surface area contributed by atoms with E-state index in [1.165, 1.54) is 23.0 Å². The molecule has 1 heterocycles. The van der Waals surface area contributed by atoms with Crippen LogP contribution >= 0.6 is 0 Å². The maximum Gasteiger partial charge on any atom is 0.165 e. The summed E-state index contributed by atoms with van der Waals surface area (Å²) in [6, 6.07) is 3.39. The number of Topliss-reactive ketones (excluding diaryl/α,β-unsaturated/α-hetero) is 1. The van der Waals surface area contributed by atoms with Crippen molar-refractivity contribution in [3.05, 3.63) is 53.4 Å². The monoisotopic (exact) mass is 250 g/mol. The molecule has 0 fully saturated rings. The molecule has 0 spiro atoms. The Bertz CT molecular complexity index is 578. The molecule has 18 heavy (non-hydrogen) atoms. The molecule has 0 aliphatic heterocycles. The van der Waals surface area contributed by atoms with E-state index in [1.54, 1.807) is 13.1 Å². The molecule has 5 heteroatoms. The van der Waals surface area contributed by atoms with Crippen LogP contribution in [-0.4, -0.2) is 15.6 Å². The molecule has 0 N–H and O–H groups in total. The first-order chi connectivity index (χ1) is 8.60. The van der Waals surface area contributed by atoms with Crippen LogP contribution in [0, 0.1) is 11.6 Å². The number of benzene rings is 1. The van der Waals surface area contributed by atoms with Crippen molar-refractivity contribution >= 4 is 5.78 Å². The summed E-state index contributed by atoms with van der Waals surface area (Å²) in [5, 5.41) is 3.98. The van der Waals surface area contributed by atoms with Crippen LogP contribution < -0.4 is 0 Å². The van der Waals surface area contributed by atoms with Crippen molar-refractivity contribution in [2.45, 2.75) is 19.9 Å². The van der Waals surface area contributed by atoms with Crippen molar-refractivity contribution in [2.24, 2.45) is 0 Å². The van der Waals surface area contributed by atoms with Gasteiger partial charge >= 0.3 is 0 Å². The molecule has 2 aromatic rings. The number of ketones is 1. The fraction of sp³-hybridized carbons (Fsp3) is 0.231. The lowest BCUT2D eigenvalue weighted by Gasteiger charge is -2.03. The van der Waals surface area contributed by atoms with E-state index in [9.17, 15) is 13.6 Å². The predicted octanol–water partition coefficient (Wildman–Crippen LogP) is 2.80. The molecule has 1 aromatic heterocycles. The average Bonchev–Trinajstić information content (AvgIpc) is 2.80. The van der Waals surface area contributed by atoms with Gasteiger partial charge in [-0.1, -0.05) is 13.0 Å².